The van der Waals surface area contributed by atoms with Gasteiger partial charge in [0.05, 0.1) is 6.42 Å². The molecule has 1 aliphatic rings. The molecule has 1 aliphatic heterocycles. The van der Waals surface area contributed by atoms with Crippen molar-refractivity contribution in [2.45, 2.75) is 13.3 Å². The maximum atomic E-state index is 12.5. The van der Waals surface area contributed by atoms with Crippen molar-refractivity contribution in [2.75, 3.05) is 44.3 Å². The van der Waals surface area contributed by atoms with Gasteiger partial charge in [-0.2, -0.15) is 0 Å². The fraction of sp³-hybridized carbons (Fsp3) is 0.333. The van der Waals surface area contributed by atoms with E-state index in [4.69, 9.17) is 5.73 Å². The van der Waals surface area contributed by atoms with E-state index < -0.39 is 0 Å². The minimum absolute atomic E-state index is 0.148. The molecule has 6 nitrogen and oxygen atoms in total. The van der Waals surface area contributed by atoms with Gasteiger partial charge in [0.25, 0.3) is 5.91 Å². The number of benzene rings is 2. The molecule has 0 aromatic heterocycles. The maximum absolute atomic E-state index is 12.5. The molecule has 1 saturated heterocycles. The van der Waals surface area contributed by atoms with E-state index in [9.17, 15) is 9.59 Å². The molecular weight excluding hydrogens is 340 g/mol. The zero-order valence-corrected chi connectivity index (χ0v) is 15.9. The number of carbonyl (C=O) groups is 2. The molecule has 3 rings (SSSR count). The highest BCUT2D eigenvalue weighted by Crippen LogP contribution is 2.17. The number of likely N-dealkylation sites (N-methyl/N-ethyl adjacent to an activating group) is 1. The lowest BCUT2D eigenvalue weighted by Crippen LogP contribution is -2.47. The van der Waals surface area contributed by atoms with Crippen molar-refractivity contribution in [3.63, 3.8) is 0 Å². The van der Waals surface area contributed by atoms with Gasteiger partial charge in [-0.25, -0.2) is 0 Å². The molecule has 2 amide bonds. The fourth-order valence-electron chi connectivity index (χ4n) is 3.13. The number of hydrogen-bond acceptors (Lipinski definition) is 4. The van der Waals surface area contributed by atoms with Crippen LogP contribution in [0.2, 0.25) is 0 Å². The number of piperazine rings is 1. The molecular formula is C21H26N4O2. The molecule has 0 bridgehead atoms. The quantitative estimate of drug-likeness (QED) is 0.813. The Morgan fingerprint density at radius 2 is 1.70 bits per heavy atom. The van der Waals surface area contributed by atoms with Gasteiger partial charge in [0, 0.05) is 43.1 Å². The molecule has 27 heavy (non-hydrogen) atoms. The summed E-state index contributed by atoms with van der Waals surface area (Å²) < 4.78 is 0. The highest BCUT2D eigenvalue weighted by atomic mass is 16.2. The van der Waals surface area contributed by atoms with Crippen LogP contribution in [0.1, 0.15) is 21.5 Å². The van der Waals surface area contributed by atoms with Crippen molar-refractivity contribution < 1.29 is 9.59 Å². The number of nitrogens with one attached hydrogen (secondary N) is 1. The summed E-state index contributed by atoms with van der Waals surface area (Å²) >= 11 is 0. The monoisotopic (exact) mass is 366 g/mol. The third-order valence-corrected chi connectivity index (χ3v) is 4.93. The van der Waals surface area contributed by atoms with Crippen molar-refractivity contribution >= 4 is 23.2 Å². The predicted molar refractivity (Wildman–Crippen MR) is 108 cm³/mol. The van der Waals surface area contributed by atoms with Crippen molar-refractivity contribution in [3.8, 4) is 0 Å². The second-order valence-corrected chi connectivity index (χ2v) is 7.09. The molecule has 142 valence electrons. The molecule has 6 heteroatoms. The SMILES string of the molecule is Cc1ccc(N)cc1C(=O)Nc1ccc(CC(=O)N2CCN(C)CC2)cc1. The van der Waals surface area contributed by atoms with Crippen LogP contribution in [0, 0.1) is 6.92 Å². The van der Waals surface area contributed by atoms with Crippen LogP contribution in [-0.2, 0) is 11.2 Å². The lowest BCUT2D eigenvalue weighted by molar-refractivity contribution is -0.132. The van der Waals surface area contributed by atoms with E-state index in [1.165, 1.54) is 0 Å². The molecule has 1 heterocycles. The Bertz CT molecular complexity index is 825. The summed E-state index contributed by atoms with van der Waals surface area (Å²) in [5, 5.41) is 2.88. The molecule has 0 spiro atoms. The van der Waals surface area contributed by atoms with E-state index in [2.05, 4.69) is 17.3 Å². The van der Waals surface area contributed by atoms with Crippen LogP contribution < -0.4 is 11.1 Å². The molecule has 2 aromatic carbocycles. The maximum Gasteiger partial charge on any atom is 0.256 e. The van der Waals surface area contributed by atoms with Crippen LogP contribution in [-0.4, -0.2) is 54.8 Å². The summed E-state index contributed by atoms with van der Waals surface area (Å²) in [6.45, 7) is 5.27. The van der Waals surface area contributed by atoms with Crippen molar-refractivity contribution in [2.24, 2.45) is 0 Å². The summed E-state index contributed by atoms with van der Waals surface area (Å²) in [6, 6.07) is 12.7. The van der Waals surface area contributed by atoms with E-state index in [0.717, 1.165) is 37.3 Å². The average Bonchev–Trinajstić information content (AvgIpc) is 2.65. The molecule has 0 aliphatic carbocycles. The molecule has 0 unspecified atom stereocenters. The minimum atomic E-state index is -0.193. The van der Waals surface area contributed by atoms with Crippen LogP contribution in [0.25, 0.3) is 0 Å². The Morgan fingerprint density at radius 1 is 1.04 bits per heavy atom. The first-order valence-electron chi connectivity index (χ1n) is 9.15. The summed E-state index contributed by atoms with van der Waals surface area (Å²) in [6.07, 6.45) is 0.381. The second-order valence-electron chi connectivity index (χ2n) is 7.09. The normalized spacial score (nSPS) is 14.8. The summed E-state index contributed by atoms with van der Waals surface area (Å²) in [7, 11) is 2.07. The second kappa shape index (κ2) is 8.22. The molecule has 1 fully saturated rings. The smallest absolute Gasteiger partial charge is 0.256 e. The first kappa shape index (κ1) is 18.9. The van der Waals surface area contributed by atoms with Crippen molar-refractivity contribution in [3.05, 3.63) is 59.2 Å². The van der Waals surface area contributed by atoms with Crippen molar-refractivity contribution in [1.82, 2.24) is 9.80 Å². The van der Waals surface area contributed by atoms with E-state index in [-0.39, 0.29) is 11.8 Å². The highest BCUT2D eigenvalue weighted by molar-refractivity contribution is 6.05. The predicted octanol–water partition coefficient (Wildman–Crippen LogP) is 2.15. The number of anilines is 2. The Hall–Kier alpha value is -2.86. The third-order valence-electron chi connectivity index (χ3n) is 4.93. The number of aryl methyl sites for hydroxylation is 1. The van der Waals surface area contributed by atoms with Crippen LogP contribution in [0.4, 0.5) is 11.4 Å². The molecule has 3 N–H and O–H groups in total. The Kier molecular flexibility index (Phi) is 5.76. The van der Waals surface area contributed by atoms with E-state index >= 15 is 0 Å². The lowest BCUT2D eigenvalue weighted by Gasteiger charge is -2.32. The fourth-order valence-corrected chi connectivity index (χ4v) is 3.13. The van der Waals surface area contributed by atoms with E-state index in [0.29, 0.717) is 23.4 Å². The molecule has 2 aromatic rings. The number of rotatable bonds is 4. The summed E-state index contributed by atoms with van der Waals surface area (Å²) in [5.41, 5.74) is 9.40. The lowest BCUT2D eigenvalue weighted by atomic mass is 10.1. The summed E-state index contributed by atoms with van der Waals surface area (Å²) in [5.74, 6) is -0.0451. The van der Waals surface area contributed by atoms with Gasteiger partial charge in [-0.1, -0.05) is 18.2 Å². The van der Waals surface area contributed by atoms with Gasteiger partial charge in [0.2, 0.25) is 5.91 Å². The van der Waals surface area contributed by atoms with Crippen LogP contribution in [0.15, 0.2) is 42.5 Å². The highest BCUT2D eigenvalue weighted by Gasteiger charge is 2.19. The number of nitrogens with zero attached hydrogens (tertiary/aromatic N) is 2. The Labute approximate surface area is 159 Å². The van der Waals surface area contributed by atoms with E-state index in [1.54, 1.807) is 12.1 Å². The summed E-state index contributed by atoms with van der Waals surface area (Å²) in [4.78, 5) is 29.0. The van der Waals surface area contributed by atoms with Gasteiger partial charge in [-0.15, -0.1) is 0 Å². The largest absolute Gasteiger partial charge is 0.399 e. The first-order valence-corrected chi connectivity index (χ1v) is 9.15. The third kappa shape index (κ3) is 4.86. The van der Waals surface area contributed by atoms with Gasteiger partial charge >= 0.3 is 0 Å². The van der Waals surface area contributed by atoms with Crippen LogP contribution in [0.5, 0.6) is 0 Å². The number of hydrogen-bond donors (Lipinski definition) is 2. The Balaban J connectivity index is 1.59. The number of nitrogens with two attached hydrogens (primary N) is 1. The first-order chi connectivity index (χ1) is 12.9. The van der Waals surface area contributed by atoms with Gasteiger partial charge in [0.15, 0.2) is 0 Å². The topological polar surface area (TPSA) is 78.7 Å². The van der Waals surface area contributed by atoms with Gasteiger partial charge in [-0.05, 0) is 49.4 Å². The van der Waals surface area contributed by atoms with Crippen LogP contribution in [0.3, 0.4) is 0 Å². The van der Waals surface area contributed by atoms with Gasteiger partial charge in [-0.3, -0.25) is 9.59 Å². The standard InChI is InChI=1S/C21H26N4O2/c1-15-3-6-17(22)14-19(15)21(27)23-18-7-4-16(5-8-18)13-20(26)25-11-9-24(2)10-12-25/h3-8,14H,9-13,22H2,1-2H3,(H,23,27). The number of nitrogen functional groups attached to an aromatic ring is 1. The molecule has 0 saturated carbocycles. The van der Waals surface area contributed by atoms with E-state index in [1.807, 2.05) is 42.2 Å². The number of amides is 2. The van der Waals surface area contributed by atoms with Crippen LogP contribution >= 0.6 is 0 Å². The van der Waals surface area contributed by atoms with Crippen molar-refractivity contribution in [1.29, 1.82) is 0 Å². The van der Waals surface area contributed by atoms with Gasteiger partial charge in [0.1, 0.15) is 0 Å². The van der Waals surface area contributed by atoms with Gasteiger partial charge < -0.3 is 20.9 Å². The minimum Gasteiger partial charge on any atom is -0.399 e. The zero-order chi connectivity index (χ0) is 19.4. The zero-order valence-electron chi connectivity index (χ0n) is 15.9. The number of carbonyl (C=O) groups excluding carboxylic acids is 2. The molecule has 0 atom stereocenters. The average molecular weight is 366 g/mol. The molecule has 0 radical (unpaired) electrons. The Morgan fingerprint density at radius 3 is 2.37 bits per heavy atom.